The highest BCUT2D eigenvalue weighted by molar-refractivity contribution is 5.83. The zero-order valence-electron chi connectivity index (χ0n) is 19.6. The fourth-order valence-corrected chi connectivity index (χ4v) is 8.31. The van der Waals surface area contributed by atoms with Gasteiger partial charge in [0.1, 0.15) is 11.8 Å². The highest BCUT2D eigenvalue weighted by atomic mass is 16.5. The van der Waals surface area contributed by atoms with Gasteiger partial charge in [-0.3, -0.25) is 5.21 Å². The molecule has 0 radical (unpaired) electrons. The first-order valence-electron chi connectivity index (χ1n) is 12.4. The minimum Gasteiger partial charge on any atom is -0.326 e. The van der Waals surface area contributed by atoms with E-state index < -0.39 is 0 Å². The van der Waals surface area contributed by atoms with E-state index in [0.29, 0.717) is 27.7 Å². The number of anilines is 1. The van der Waals surface area contributed by atoms with E-state index >= 15 is 0 Å². The molecule has 3 aliphatic carbocycles. The molecule has 6 nitrogen and oxygen atoms in total. The Morgan fingerprint density at radius 2 is 1.90 bits per heavy atom. The summed E-state index contributed by atoms with van der Waals surface area (Å²) in [5, 5.41) is 12.9. The smallest absolute Gasteiger partial charge is 0.183 e. The van der Waals surface area contributed by atoms with Crippen LogP contribution in [0, 0.1) is 28.1 Å². The molecule has 3 saturated carbocycles. The van der Waals surface area contributed by atoms with Crippen molar-refractivity contribution in [1.29, 1.82) is 0 Å². The van der Waals surface area contributed by atoms with Gasteiger partial charge in [-0.25, -0.2) is 20.0 Å². The van der Waals surface area contributed by atoms with Crippen molar-refractivity contribution < 1.29 is 5.21 Å². The first kappa shape index (κ1) is 20.0. The Labute approximate surface area is 185 Å². The lowest BCUT2D eigenvalue weighted by Gasteiger charge is -2.55. The summed E-state index contributed by atoms with van der Waals surface area (Å²) >= 11 is 0. The molecule has 0 bridgehead atoms. The van der Waals surface area contributed by atoms with Crippen LogP contribution in [0.2, 0.25) is 0 Å². The van der Waals surface area contributed by atoms with Gasteiger partial charge in [0.15, 0.2) is 11.5 Å². The van der Waals surface area contributed by atoms with Gasteiger partial charge in [0.2, 0.25) is 0 Å². The summed E-state index contributed by atoms with van der Waals surface area (Å²) in [7, 11) is 0. The number of hydrogen-bond acceptors (Lipinski definition) is 5. The van der Waals surface area contributed by atoms with Gasteiger partial charge >= 0.3 is 0 Å². The minimum absolute atomic E-state index is 0.338. The average molecular weight is 424 g/mol. The van der Waals surface area contributed by atoms with Crippen molar-refractivity contribution >= 4 is 17.0 Å². The van der Waals surface area contributed by atoms with Crippen molar-refractivity contribution in [1.82, 2.24) is 19.5 Å². The molecule has 0 saturated heterocycles. The molecular weight excluding hydrogens is 386 g/mol. The van der Waals surface area contributed by atoms with E-state index in [1.807, 2.05) is 6.33 Å². The topological polar surface area (TPSA) is 67.1 Å². The molecule has 1 spiro atoms. The van der Waals surface area contributed by atoms with E-state index in [9.17, 15) is 5.21 Å². The molecule has 31 heavy (non-hydrogen) atoms. The minimum atomic E-state index is -0.338. The summed E-state index contributed by atoms with van der Waals surface area (Å²) < 4.78 is 2.11. The summed E-state index contributed by atoms with van der Waals surface area (Å²) in [4.78, 5) is 13.2. The third-order valence-electron chi connectivity index (χ3n) is 10.8. The van der Waals surface area contributed by atoms with Crippen molar-refractivity contribution in [3.8, 4) is 0 Å². The molecule has 2 aromatic rings. The summed E-state index contributed by atoms with van der Waals surface area (Å²) in [5.41, 5.74) is 2.75. The molecule has 6 rings (SSSR count). The highest BCUT2D eigenvalue weighted by Crippen LogP contribution is 2.80. The lowest BCUT2D eigenvalue weighted by atomic mass is 9.50. The van der Waals surface area contributed by atoms with Gasteiger partial charge in [0.05, 0.1) is 11.9 Å². The second kappa shape index (κ2) is 6.21. The maximum atomic E-state index is 11.4. The van der Waals surface area contributed by atoms with Gasteiger partial charge in [-0.1, -0.05) is 27.2 Å². The maximum Gasteiger partial charge on any atom is 0.183 e. The number of aryl methyl sites for hydroxylation is 1. The van der Waals surface area contributed by atoms with E-state index in [0.717, 1.165) is 36.7 Å². The first-order valence-corrected chi connectivity index (χ1v) is 12.4. The number of hydroxylamine groups is 1. The van der Waals surface area contributed by atoms with Crippen LogP contribution in [-0.4, -0.2) is 30.3 Å². The van der Waals surface area contributed by atoms with Gasteiger partial charge in [-0.15, -0.1) is 0 Å². The van der Waals surface area contributed by atoms with Crippen molar-refractivity contribution in [2.75, 3.05) is 5.06 Å². The number of nitrogens with zero attached hydrogens (tertiary/aromatic N) is 5. The zero-order chi connectivity index (χ0) is 21.6. The third-order valence-corrected chi connectivity index (χ3v) is 10.8. The lowest BCUT2D eigenvalue weighted by molar-refractivity contribution is -0.0600. The van der Waals surface area contributed by atoms with Crippen LogP contribution in [0.3, 0.4) is 0 Å². The molecule has 168 valence electrons. The first-order chi connectivity index (χ1) is 14.7. The Morgan fingerprint density at radius 1 is 1.06 bits per heavy atom. The Kier molecular flexibility index (Phi) is 4.00. The van der Waals surface area contributed by atoms with E-state index in [-0.39, 0.29) is 5.54 Å². The van der Waals surface area contributed by atoms with Crippen LogP contribution < -0.4 is 5.06 Å². The molecule has 0 amide bonds. The van der Waals surface area contributed by atoms with Gasteiger partial charge in [-0.05, 0) is 86.4 Å². The molecule has 1 N–H and O–H groups in total. The molecule has 6 unspecified atom stereocenters. The molecule has 0 aromatic carbocycles. The molecule has 1 aliphatic heterocycles. The molecule has 2 aromatic heterocycles. The fourth-order valence-electron chi connectivity index (χ4n) is 8.31. The summed E-state index contributed by atoms with van der Waals surface area (Å²) in [6, 6.07) is 0. The molecule has 3 heterocycles. The Balaban J connectivity index is 1.29. The number of aromatic nitrogens is 4. The molecule has 6 heteroatoms. The van der Waals surface area contributed by atoms with E-state index in [4.69, 9.17) is 0 Å². The van der Waals surface area contributed by atoms with Crippen LogP contribution in [-0.2, 0) is 6.54 Å². The monoisotopic (exact) mass is 423 g/mol. The van der Waals surface area contributed by atoms with Gasteiger partial charge in [-0.2, -0.15) is 0 Å². The maximum absolute atomic E-state index is 11.4. The number of imidazole rings is 1. The van der Waals surface area contributed by atoms with Gasteiger partial charge < -0.3 is 4.57 Å². The number of hydrogen-bond donors (Lipinski definition) is 1. The largest absolute Gasteiger partial charge is 0.326 e. The predicted octanol–water partition coefficient (Wildman–Crippen LogP) is 5.60. The van der Waals surface area contributed by atoms with Gasteiger partial charge in [0, 0.05) is 6.54 Å². The lowest BCUT2D eigenvalue weighted by Crippen LogP contribution is -2.50. The summed E-state index contributed by atoms with van der Waals surface area (Å²) in [5.74, 6) is 2.19. The average Bonchev–Trinajstić information content (AvgIpc) is 3.21. The quantitative estimate of drug-likeness (QED) is 0.696. The van der Waals surface area contributed by atoms with E-state index in [2.05, 4.69) is 47.2 Å². The van der Waals surface area contributed by atoms with Crippen LogP contribution in [0.1, 0.15) is 85.5 Å². The fraction of sp³-hybridized carbons (Fsp3) is 0.800. The second-order valence-electron chi connectivity index (χ2n) is 12.2. The van der Waals surface area contributed by atoms with Crippen molar-refractivity contribution in [3.05, 3.63) is 12.7 Å². The Morgan fingerprint density at radius 3 is 2.74 bits per heavy atom. The number of rotatable bonds is 3. The molecule has 3 fully saturated rings. The van der Waals surface area contributed by atoms with Crippen LogP contribution >= 0.6 is 0 Å². The Hall–Kier alpha value is -1.69. The zero-order valence-corrected chi connectivity index (χ0v) is 19.6. The third kappa shape index (κ3) is 2.51. The molecule has 4 aliphatic rings. The standard InChI is InChI=1S/C25H37N5O/c1-17-7-9-25-14-22(25,2)8-5-6-18(25)24(17,4)11-10-23(3)12-13-29-16-28-20-19(29)21(30(23)31)27-15-26-20/h15-18,31H,5-14H2,1-4H3. The predicted molar refractivity (Wildman–Crippen MR) is 121 cm³/mol. The van der Waals surface area contributed by atoms with E-state index in [1.54, 1.807) is 0 Å². The highest BCUT2D eigenvalue weighted by Gasteiger charge is 2.72. The normalized spacial score (nSPS) is 44.0. The SMILES string of the molecule is CC1CCC23CC2(C)CCCC3C1(C)CCC1(C)CCn2cnc3ncnc(c32)N1O. The van der Waals surface area contributed by atoms with Crippen molar-refractivity contribution in [3.63, 3.8) is 0 Å². The second-order valence-corrected chi connectivity index (χ2v) is 12.2. The van der Waals surface area contributed by atoms with Crippen LogP contribution in [0.4, 0.5) is 5.82 Å². The van der Waals surface area contributed by atoms with Crippen LogP contribution in [0.15, 0.2) is 12.7 Å². The molecular formula is C25H37N5O. The van der Waals surface area contributed by atoms with Crippen LogP contribution in [0.5, 0.6) is 0 Å². The summed E-state index contributed by atoms with van der Waals surface area (Å²) in [6.07, 6.45) is 14.9. The van der Waals surface area contributed by atoms with Crippen molar-refractivity contribution in [2.24, 2.45) is 28.1 Å². The van der Waals surface area contributed by atoms with Crippen molar-refractivity contribution in [2.45, 2.75) is 97.6 Å². The van der Waals surface area contributed by atoms with Gasteiger partial charge in [0.25, 0.3) is 0 Å². The molecule has 6 atom stereocenters. The Bertz CT molecular complexity index is 1040. The van der Waals surface area contributed by atoms with E-state index in [1.165, 1.54) is 56.3 Å². The van der Waals surface area contributed by atoms with Crippen LogP contribution in [0.25, 0.3) is 11.2 Å². The summed E-state index contributed by atoms with van der Waals surface area (Å²) in [6.45, 7) is 10.7.